The largest absolute Gasteiger partial charge is 1.00 e. The number of aromatic amines is 1. The second-order valence-electron chi connectivity index (χ2n) is 7.12. The van der Waals surface area contributed by atoms with Gasteiger partial charge in [-0.1, -0.05) is 16.9 Å². The van der Waals surface area contributed by atoms with Crippen LogP contribution in [-0.4, -0.2) is 82.2 Å². The van der Waals surface area contributed by atoms with Crippen molar-refractivity contribution in [3.05, 3.63) is 22.6 Å². The van der Waals surface area contributed by atoms with Gasteiger partial charge < -0.3 is 31.5 Å². The topological polar surface area (TPSA) is 243 Å². The van der Waals surface area contributed by atoms with Gasteiger partial charge in [-0.3, -0.25) is 19.6 Å². The Labute approximate surface area is 241 Å². The number of carbonyl (C=O) groups excluding carboxylic acids is 3. The number of hydrogen-bond acceptors (Lipinski definition) is 16. The minimum atomic E-state index is -1.56. The molecule has 2 aliphatic rings. The quantitative estimate of drug-likeness (QED) is 0.0681. The summed E-state index contributed by atoms with van der Waals surface area (Å²) in [4.78, 5) is 56.1. The van der Waals surface area contributed by atoms with Gasteiger partial charge in [-0.05, 0) is 0 Å². The number of H-pyrrole nitrogens is 1. The van der Waals surface area contributed by atoms with Crippen LogP contribution in [0, 0.1) is 0 Å². The molecular formula is C17H14N11NaO5S3. The first-order chi connectivity index (χ1) is 17.3. The number of β-lactam (4-membered cyclic amide) rings is 1. The molecule has 0 aromatic carbocycles. The molecule has 6 N–H and O–H groups in total. The summed E-state index contributed by atoms with van der Waals surface area (Å²) in [6.45, 7) is 0. The molecule has 5 rings (SSSR count). The first kappa shape index (κ1) is 27.1. The van der Waals surface area contributed by atoms with Gasteiger partial charge in [0.05, 0.1) is 23.2 Å². The first-order valence-electron chi connectivity index (χ1n) is 9.83. The summed E-state index contributed by atoms with van der Waals surface area (Å²) in [5, 5.41) is 24.8. The molecule has 2 amide bonds. The van der Waals surface area contributed by atoms with Gasteiger partial charge in [0.1, 0.15) is 24.3 Å². The Morgan fingerprint density at radius 3 is 2.81 bits per heavy atom. The molecule has 16 nitrogen and oxygen atoms in total. The first-order valence-corrected chi connectivity index (χ1v) is 12.5. The second-order valence-corrected chi connectivity index (χ2v) is 10.1. The molecule has 0 saturated carbocycles. The van der Waals surface area contributed by atoms with E-state index in [9.17, 15) is 19.5 Å². The van der Waals surface area contributed by atoms with E-state index in [0.29, 0.717) is 11.0 Å². The third kappa shape index (κ3) is 4.97. The van der Waals surface area contributed by atoms with Crippen molar-refractivity contribution in [2.75, 3.05) is 24.3 Å². The number of fused-ring (bicyclic) bond motifs is 2. The molecule has 2 aliphatic heterocycles. The predicted molar refractivity (Wildman–Crippen MR) is 127 cm³/mol. The van der Waals surface area contributed by atoms with E-state index in [2.05, 4.69) is 40.0 Å². The average molecular weight is 572 g/mol. The summed E-state index contributed by atoms with van der Waals surface area (Å²) in [5.41, 5.74) is 11.3. The van der Waals surface area contributed by atoms with Crippen LogP contribution < -0.4 is 51.4 Å². The third-order valence-corrected chi connectivity index (χ3v) is 7.95. The van der Waals surface area contributed by atoms with E-state index >= 15 is 0 Å². The molecule has 0 radical (unpaired) electrons. The summed E-state index contributed by atoms with van der Waals surface area (Å²) in [6.07, 6.45) is 1.47. The number of carboxylic acid groups (broad SMARTS) is 1. The van der Waals surface area contributed by atoms with Gasteiger partial charge in [-0.15, -0.1) is 11.8 Å². The van der Waals surface area contributed by atoms with Gasteiger partial charge >= 0.3 is 29.6 Å². The van der Waals surface area contributed by atoms with Crippen molar-refractivity contribution in [1.82, 2.24) is 39.7 Å². The molecule has 0 aliphatic carbocycles. The Kier molecular flexibility index (Phi) is 7.90. The van der Waals surface area contributed by atoms with Gasteiger partial charge in [0.15, 0.2) is 15.9 Å². The van der Waals surface area contributed by atoms with E-state index in [1.54, 1.807) is 0 Å². The maximum atomic E-state index is 12.9. The smallest absolute Gasteiger partial charge is 0.543 e. The molecule has 2 atom stereocenters. The number of nitrogen functional groups attached to an aromatic ring is 2. The Hall–Kier alpha value is -2.97. The van der Waals surface area contributed by atoms with Crippen molar-refractivity contribution in [2.24, 2.45) is 5.16 Å². The van der Waals surface area contributed by atoms with Gasteiger partial charge in [-0.25, -0.2) is 9.97 Å². The summed E-state index contributed by atoms with van der Waals surface area (Å²) >= 11 is 3.04. The standard InChI is InChI=1S/C17H15N11O5S3.Na/c1-33-26-6(11-23-16(19)36-27-11)12(29)21-7-13(30)28-8(15(31)32)5(3-34-14(7)28)35-17-22-9(18)4-2-20-25-10(4)24-17;/h2,7,14H,3H2,1H3,(H,21,29)(H,31,32)(H2,19,23,27)(H3,18,20,22,24,25);/q;+1/p-1/b26-6-;/t7?,14-;/m1./s1. The minimum Gasteiger partial charge on any atom is -0.543 e. The Morgan fingerprint density at radius 1 is 1.35 bits per heavy atom. The molecule has 1 saturated heterocycles. The SMILES string of the molecule is CO/N=C(\C(=O)NC1C(=O)N2C(C(=O)[O-])=C(Sc3nc(N)c4cn[nH]c4n3)CS[C@H]12)c1nsc(N)n1.[Na+]. The predicted octanol–water partition coefficient (Wildman–Crippen LogP) is -5.12. The van der Waals surface area contributed by atoms with Crippen LogP contribution in [0.5, 0.6) is 0 Å². The number of anilines is 2. The molecule has 20 heteroatoms. The Balaban J connectivity index is 0.00000320. The van der Waals surface area contributed by atoms with E-state index in [0.717, 1.165) is 28.2 Å². The van der Waals surface area contributed by atoms with E-state index in [1.165, 1.54) is 25.1 Å². The molecule has 1 fully saturated rings. The molecule has 3 aromatic heterocycles. The number of carbonyl (C=O) groups is 3. The fraction of sp³-hybridized carbons (Fsp3) is 0.235. The van der Waals surface area contributed by atoms with Crippen LogP contribution in [0.3, 0.4) is 0 Å². The van der Waals surface area contributed by atoms with Crippen molar-refractivity contribution in [2.45, 2.75) is 16.6 Å². The number of nitrogens with two attached hydrogens (primary N) is 2. The molecule has 0 spiro atoms. The van der Waals surface area contributed by atoms with Crippen LogP contribution in [0.15, 0.2) is 27.1 Å². The zero-order valence-corrected chi connectivity index (χ0v) is 23.4. The zero-order valence-electron chi connectivity index (χ0n) is 19.0. The average Bonchev–Trinajstić information content (AvgIpc) is 3.49. The fourth-order valence-corrected chi connectivity index (χ4v) is 6.32. The summed E-state index contributed by atoms with van der Waals surface area (Å²) < 4.78 is 3.92. The van der Waals surface area contributed by atoms with Crippen molar-refractivity contribution >= 4 is 80.5 Å². The molecule has 186 valence electrons. The number of carboxylic acids is 1. The van der Waals surface area contributed by atoms with Crippen LogP contribution in [0.4, 0.5) is 10.9 Å². The maximum absolute atomic E-state index is 12.9. The van der Waals surface area contributed by atoms with Gasteiger partial charge in [0, 0.05) is 22.2 Å². The van der Waals surface area contributed by atoms with Crippen molar-refractivity contribution in [3.63, 3.8) is 0 Å². The number of rotatable bonds is 7. The normalized spacial score (nSPS) is 19.2. The molecule has 1 unspecified atom stereocenters. The molecule has 5 heterocycles. The summed E-state index contributed by atoms with van der Waals surface area (Å²) in [6, 6.07) is -1.03. The van der Waals surface area contributed by atoms with Crippen LogP contribution in [0.1, 0.15) is 5.82 Å². The number of aromatic nitrogens is 6. The van der Waals surface area contributed by atoms with Gasteiger partial charge in [0.25, 0.3) is 11.8 Å². The van der Waals surface area contributed by atoms with Crippen molar-refractivity contribution < 1.29 is 53.9 Å². The molecule has 3 aromatic rings. The molecule has 37 heavy (non-hydrogen) atoms. The number of nitrogens with one attached hydrogen (secondary N) is 2. The number of hydrogen-bond donors (Lipinski definition) is 4. The summed E-state index contributed by atoms with van der Waals surface area (Å²) in [7, 11) is 1.23. The second kappa shape index (κ2) is 10.8. The third-order valence-electron chi connectivity index (χ3n) is 5.00. The van der Waals surface area contributed by atoms with E-state index in [1.807, 2.05) is 0 Å². The van der Waals surface area contributed by atoms with Crippen LogP contribution in [0.2, 0.25) is 0 Å². The van der Waals surface area contributed by atoms with Gasteiger partial charge in [0.2, 0.25) is 11.5 Å². The number of aliphatic carboxylic acids is 1. The fourth-order valence-electron chi connectivity index (χ4n) is 3.47. The number of thioether (sulfide) groups is 2. The number of amides is 2. The monoisotopic (exact) mass is 571 g/mol. The van der Waals surface area contributed by atoms with Crippen molar-refractivity contribution in [3.8, 4) is 0 Å². The van der Waals surface area contributed by atoms with E-state index < -0.39 is 29.2 Å². The van der Waals surface area contributed by atoms with Gasteiger partial charge in [-0.2, -0.15) is 14.5 Å². The van der Waals surface area contributed by atoms with Crippen molar-refractivity contribution in [1.29, 1.82) is 0 Å². The number of oxime groups is 1. The minimum absolute atomic E-state index is 0. The maximum Gasteiger partial charge on any atom is 1.00 e. The Morgan fingerprint density at radius 2 is 2.14 bits per heavy atom. The van der Waals surface area contributed by atoms with E-state index in [-0.39, 0.29) is 73.6 Å². The molecular weight excluding hydrogens is 557 g/mol. The summed E-state index contributed by atoms with van der Waals surface area (Å²) in [5.74, 6) is -2.71. The van der Waals surface area contributed by atoms with Crippen LogP contribution in [0.25, 0.3) is 11.0 Å². The van der Waals surface area contributed by atoms with Crippen LogP contribution >= 0.6 is 35.1 Å². The zero-order chi connectivity index (χ0) is 25.6. The molecule has 0 bridgehead atoms. The van der Waals surface area contributed by atoms with Crippen LogP contribution in [-0.2, 0) is 19.2 Å². The number of nitrogens with zero attached hydrogens (tertiary/aromatic N) is 7. The Bertz CT molecular complexity index is 1470. The van der Waals surface area contributed by atoms with E-state index in [4.69, 9.17) is 16.3 Å².